The molecule has 0 bridgehead atoms. The van der Waals surface area contributed by atoms with Crippen LogP contribution in [0.3, 0.4) is 0 Å². The van der Waals surface area contributed by atoms with E-state index >= 15 is 0 Å². The second kappa shape index (κ2) is 9.39. The Kier molecular flexibility index (Phi) is 6.67. The van der Waals surface area contributed by atoms with Crippen LogP contribution in [0.2, 0.25) is 0 Å². The van der Waals surface area contributed by atoms with E-state index in [1.165, 1.54) is 18.5 Å². The molecule has 0 aliphatic rings. The Balaban J connectivity index is 1.69. The quantitative estimate of drug-likeness (QED) is 0.528. The topological polar surface area (TPSA) is 66.2 Å². The molecule has 4 nitrogen and oxygen atoms in total. The van der Waals surface area contributed by atoms with E-state index in [0.29, 0.717) is 11.4 Å². The van der Waals surface area contributed by atoms with Gasteiger partial charge in [-0.15, -0.1) is 0 Å². The Hall–Kier alpha value is -3.12. The lowest BCUT2D eigenvalue weighted by Gasteiger charge is -2.06. The molecule has 0 saturated heterocycles. The number of aromatic nitrogens is 2. The predicted octanol–water partition coefficient (Wildman–Crippen LogP) is 5.36. The second-order valence-corrected chi connectivity index (χ2v) is 6.86. The minimum Gasteiger partial charge on any atom is -0.505 e. The Morgan fingerprint density at radius 1 is 0.966 bits per heavy atom. The van der Waals surface area contributed by atoms with E-state index in [9.17, 15) is 19.0 Å². The largest absolute Gasteiger partial charge is 0.505 e. The summed E-state index contributed by atoms with van der Waals surface area (Å²) in [7, 11) is 0. The SMILES string of the molecule is CC(O)CCCC=Cc1ccc(-c2ncc(-c3ccc(O)c(F)c3F)cn2)cc1. The van der Waals surface area contributed by atoms with Crippen LogP contribution in [0, 0.1) is 11.6 Å². The first kappa shape index (κ1) is 20.6. The number of benzene rings is 2. The molecular weight excluding hydrogens is 374 g/mol. The highest BCUT2D eigenvalue weighted by atomic mass is 19.2. The fourth-order valence-corrected chi connectivity index (χ4v) is 2.87. The number of phenols is 1. The van der Waals surface area contributed by atoms with Gasteiger partial charge in [0.2, 0.25) is 5.82 Å². The predicted molar refractivity (Wildman–Crippen MR) is 109 cm³/mol. The van der Waals surface area contributed by atoms with Crippen LogP contribution in [0.1, 0.15) is 31.7 Å². The van der Waals surface area contributed by atoms with E-state index in [2.05, 4.69) is 16.0 Å². The van der Waals surface area contributed by atoms with Gasteiger partial charge in [-0.25, -0.2) is 14.4 Å². The Morgan fingerprint density at radius 3 is 2.31 bits per heavy atom. The zero-order chi connectivity index (χ0) is 20.8. The van der Waals surface area contributed by atoms with Crippen LogP contribution in [-0.4, -0.2) is 26.3 Å². The van der Waals surface area contributed by atoms with Crippen molar-refractivity contribution in [3.8, 4) is 28.3 Å². The summed E-state index contributed by atoms with van der Waals surface area (Å²) in [4.78, 5) is 8.49. The molecular formula is C23H22F2N2O2. The van der Waals surface area contributed by atoms with Crippen molar-refractivity contribution in [2.75, 3.05) is 0 Å². The van der Waals surface area contributed by atoms with Gasteiger partial charge in [0.1, 0.15) is 0 Å². The zero-order valence-corrected chi connectivity index (χ0v) is 16.0. The van der Waals surface area contributed by atoms with Crippen LogP contribution in [0.25, 0.3) is 28.6 Å². The fourth-order valence-electron chi connectivity index (χ4n) is 2.87. The van der Waals surface area contributed by atoms with Gasteiger partial charge in [0.25, 0.3) is 0 Å². The summed E-state index contributed by atoms with van der Waals surface area (Å²) in [5, 5.41) is 18.5. The van der Waals surface area contributed by atoms with Gasteiger partial charge in [-0.05, 0) is 43.9 Å². The van der Waals surface area contributed by atoms with Gasteiger partial charge in [-0.1, -0.05) is 36.4 Å². The van der Waals surface area contributed by atoms with Crippen molar-refractivity contribution in [1.82, 2.24) is 9.97 Å². The third-order valence-corrected chi connectivity index (χ3v) is 4.50. The monoisotopic (exact) mass is 396 g/mol. The molecule has 1 heterocycles. The Labute approximate surface area is 168 Å². The van der Waals surface area contributed by atoms with Crippen molar-refractivity contribution < 1.29 is 19.0 Å². The van der Waals surface area contributed by atoms with Crippen molar-refractivity contribution in [3.05, 3.63) is 72.1 Å². The van der Waals surface area contributed by atoms with Crippen molar-refractivity contribution in [2.45, 2.75) is 32.3 Å². The molecule has 0 aliphatic heterocycles. The molecule has 1 aromatic heterocycles. The first-order chi connectivity index (χ1) is 14.0. The molecule has 150 valence electrons. The highest BCUT2D eigenvalue weighted by Gasteiger charge is 2.15. The number of hydrogen-bond donors (Lipinski definition) is 2. The first-order valence-corrected chi connectivity index (χ1v) is 9.40. The minimum absolute atomic E-state index is 0.0112. The Bertz CT molecular complexity index is 985. The van der Waals surface area contributed by atoms with Gasteiger partial charge >= 0.3 is 0 Å². The molecule has 1 unspecified atom stereocenters. The lowest BCUT2D eigenvalue weighted by atomic mass is 10.1. The summed E-state index contributed by atoms with van der Waals surface area (Å²) < 4.78 is 27.5. The molecule has 3 rings (SSSR count). The number of phenolic OH excluding ortho intramolecular Hbond substituents is 1. The number of hydrogen-bond acceptors (Lipinski definition) is 4. The second-order valence-electron chi connectivity index (χ2n) is 6.86. The number of aliphatic hydroxyl groups is 1. The lowest BCUT2D eigenvalue weighted by Crippen LogP contribution is -1.97. The minimum atomic E-state index is -1.29. The van der Waals surface area contributed by atoms with Crippen molar-refractivity contribution in [2.24, 2.45) is 0 Å². The van der Waals surface area contributed by atoms with E-state index in [0.717, 1.165) is 36.5 Å². The fraction of sp³-hybridized carbons (Fsp3) is 0.217. The van der Waals surface area contributed by atoms with Gasteiger partial charge in [-0.2, -0.15) is 4.39 Å². The van der Waals surface area contributed by atoms with E-state index in [4.69, 9.17) is 0 Å². The number of aliphatic hydroxyl groups excluding tert-OH is 1. The molecule has 0 amide bonds. The summed E-state index contributed by atoms with van der Waals surface area (Å²) in [5.41, 5.74) is 2.16. The van der Waals surface area contributed by atoms with E-state index in [1.807, 2.05) is 30.3 Å². The Morgan fingerprint density at radius 2 is 1.66 bits per heavy atom. The molecule has 0 fully saturated rings. The van der Waals surface area contributed by atoms with Gasteiger partial charge in [0, 0.05) is 29.1 Å². The lowest BCUT2D eigenvalue weighted by molar-refractivity contribution is 0.182. The van der Waals surface area contributed by atoms with Gasteiger partial charge in [-0.3, -0.25) is 0 Å². The zero-order valence-electron chi connectivity index (χ0n) is 16.0. The average molecular weight is 396 g/mol. The molecule has 0 aliphatic carbocycles. The standard InChI is InChI=1S/C23H22F2N2O2/c1-15(28)5-3-2-4-6-16-7-9-17(10-8-16)23-26-13-18(14-27-23)19-11-12-20(29)22(25)21(19)24/h4,6-15,28-29H,2-3,5H2,1H3. The molecule has 0 spiro atoms. The number of rotatable bonds is 7. The third-order valence-electron chi connectivity index (χ3n) is 4.50. The highest BCUT2D eigenvalue weighted by Crippen LogP contribution is 2.29. The van der Waals surface area contributed by atoms with Crippen LogP contribution in [0.5, 0.6) is 5.75 Å². The number of nitrogens with zero attached hydrogens (tertiary/aromatic N) is 2. The van der Waals surface area contributed by atoms with Crippen LogP contribution < -0.4 is 0 Å². The summed E-state index contributed by atoms with van der Waals surface area (Å²) >= 11 is 0. The molecule has 0 saturated carbocycles. The van der Waals surface area contributed by atoms with E-state index < -0.39 is 17.4 Å². The first-order valence-electron chi connectivity index (χ1n) is 9.40. The van der Waals surface area contributed by atoms with Gasteiger partial charge < -0.3 is 10.2 Å². The van der Waals surface area contributed by atoms with Crippen LogP contribution in [0.4, 0.5) is 8.78 Å². The van der Waals surface area contributed by atoms with Crippen LogP contribution >= 0.6 is 0 Å². The number of aromatic hydroxyl groups is 1. The normalized spacial score (nSPS) is 12.4. The molecule has 2 N–H and O–H groups in total. The molecule has 3 aromatic rings. The van der Waals surface area contributed by atoms with E-state index in [-0.39, 0.29) is 11.7 Å². The molecule has 29 heavy (non-hydrogen) atoms. The smallest absolute Gasteiger partial charge is 0.200 e. The van der Waals surface area contributed by atoms with Crippen molar-refractivity contribution in [1.29, 1.82) is 0 Å². The number of halogens is 2. The molecule has 0 radical (unpaired) electrons. The molecule has 6 heteroatoms. The van der Waals surface area contributed by atoms with Gasteiger partial charge in [0.05, 0.1) is 6.10 Å². The molecule has 1 atom stereocenters. The molecule has 2 aromatic carbocycles. The number of unbranched alkanes of at least 4 members (excludes halogenated alkanes) is 1. The average Bonchev–Trinajstić information content (AvgIpc) is 2.72. The summed E-state index contributed by atoms with van der Waals surface area (Å²) in [6, 6.07) is 10.1. The number of allylic oxidation sites excluding steroid dienone is 1. The maximum absolute atomic E-state index is 14.0. The van der Waals surface area contributed by atoms with Crippen molar-refractivity contribution >= 4 is 6.08 Å². The summed E-state index contributed by atoms with van der Waals surface area (Å²) in [6.45, 7) is 1.79. The van der Waals surface area contributed by atoms with E-state index in [1.54, 1.807) is 6.92 Å². The highest BCUT2D eigenvalue weighted by molar-refractivity contribution is 5.66. The summed E-state index contributed by atoms with van der Waals surface area (Å²) in [5.74, 6) is -2.69. The van der Waals surface area contributed by atoms with Crippen LogP contribution in [0.15, 0.2) is 54.9 Å². The summed E-state index contributed by atoms with van der Waals surface area (Å²) in [6.07, 6.45) is 9.33. The van der Waals surface area contributed by atoms with Crippen LogP contribution in [-0.2, 0) is 0 Å². The van der Waals surface area contributed by atoms with Crippen molar-refractivity contribution in [3.63, 3.8) is 0 Å². The maximum Gasteiger partial charge on any atom is 0.200 e. The van der Waals surface area contributed by atoms with Gasteiger partial charge in [0.15, 0.2) is 17.4 Å². The third kappa shape index (κ3) is 5.23. The maximum atomic E-state index is 14.0.